The molecular formula is C10H17F3O2S. The van der Waals surface area contributed by atoms with Crippen LogP contribution >= 0.6 is 0 Å². The van der Waals surface area contributed by atoms with Crippen LogP contribution in [0.15, 0.2) is 0 Å². The first-order chi connectivity index (χ1) is 7.24. The Bertz CT molecular complexity index is 313. The van der Waals surface area contributed by atoms with E-state index in [1.807, 2.05) is 0 Å². The first kappa shape index (κ1) is 13.8. The molecule has 0 N–H and O–H groups in total. The molecule has 0 bridgehead atoms. The Labute approximate surface area is 94.1 Å². The van der Waals surface area contributed by atoms with Gasteiger partial charge in [-0.1, -0.05) is 6.92 Å². The summed E-state index contributed by atoms with van der Waals surface area (Å²) in [5, 5.41) is 0. The van der Waals surface area contributed by atoms with E-state index in [4.69, 9.17) is 0 Å². The highest BCUT2D eigenvalue weighted by molar-refractivity contribution is 7.91. The summed E-state index contributed by atoms with van der Waals surface area (Å²) in [6, 6.07) is 0. The molecule has 1 saturated carbocycles. The summed E-state index contributed by atoms with van der Waals surface area (Å²) in [6.07, 6.45) is -3.21. The summed E-state index contributed by atoms with van der Waals surface area (Å²) < 4.78 is 59.7. The number of sulfone groups is 1. The molecule has 0 aliphatic heterocycles. The monoisotopic (exact) mass is 258 g/mol. The summed E-state index contributed by atoms with van der Waals surface area (Å²) in [6.45, 7) is 1.57. The molecule has 1 fully saturated rings. The Kier molecular flexibility index (Phi) is 4.26. The lowest BCUT2D eigenvalue weighted by atomic mass is 9.82. The van der Waals surface area contributed by atoms with Gasteiger partial charge in [0.1, 0.15) is 9.84 Å². The molecule has 0 aromatic rings. The van der Waals surface area contributed by atoms with Crippen molar-refractivity contribution in [2.75, 3.05) is 11.5 Å². The van der Waals surface area contributed by atoms with E-state index in [0.717, 1.165) is 0 Å². The summed E-state index contributed by atoms with van der Waals surface area (Å²) in [4.78, 5) is 0. The van der Waals surface area contributed by atoms with Gasteiger partial charge in [-0.25, -0.2) is 8.42 Å². The fourth-order valence-corrected chi connectivity index (χ4v) is 3.42. The minimum atomic E-state index is -4.12. The van der Waals surface area contributed by atoms with Gasteiger partial charge >= 0.3 is 6.18 Å². The third-order valence-corrected chi connectivity index (χ3v) is 5.10. The van der Waals surface area contributed by atoms with Gasteiger partial charge in [-0.05, 0) is 31.6 Å². The van der Waals surface area contributed by atoms with E-state index in [0.29, 0.717) is 12.8 Å². The Morgan fingerprint density at radius 3 is 2.00 bits per heavy atom. The van der Waals surface area contributed by atoms with Crippen molar-refractivity contribution in [1.82, 2.24) is 0 Å². The number of halogens is 3. The summed E-state index contributed by atoms with van der Waals surface area (Å²) in [5.74, 6) is -1.18. The van der Waals surface area contributed by atoms with Gasteiger partial charge in [0.25, 0.3) is 0 Å². The van der Waals surface area contributed by atoms with Crippen LogP contribution in [0.4, 0.5) is 13.2 Å². The lowest BCUT2D eigenvalue weighted by Crippen LogP contribution is -2.30. The van der Waals surface area contributed by atoms with Crippen LogP contribution in [0.3, 0.4) is 0 Å². The quantitative estimate of drug-likeness (QED) is 0.780. The van der Waals surface area contributed by atoms with E-state index in [9.17, 15) is 21.6 Å². The highest BCUT2D eigenvalue weighted by Gasteiger charge is 2.41. The van der Waals surface area contributed by atoms with Gasteiger partial charge < -0.3 is 0 Å². The Hall–Kier alpha value is -0.260. The van der Waals surface area contributed by atoms with E-state index in [1.54, 1.807) is 6.92 Å². The molecule has 96 valence electrons. The first-order valence-electron chi connectivity index (χ1n) is 5.51. The zero-order valence-corrected chi connectivity index (χ0v) is 10.1. The van der Waals surface area contributed by atoms with Crippen LogP contribution in [0, 0.1) is 11.8 Å². The molecule has 1 rings (SSSR count). The van der Waals surface area contributed by atoms with Gasteiger partial charge in [-0.2, -0.15) is 13.2 Å². The Morgan fingerprint density at radius 1 is 1.12 bits per heavy atom. The maximum absolute atomic E-state index is 12.4. The van der Waals surface area contributed by atoms with Crippen molar-refractivity contribution in [2.24, 2.45) is 11.8 Å². The van der Waals surface area contributed by atoms with Crippen LogP contribution in [-0.2, 0) is 9.84 Å². The largest absolute Gasteiger partial charge is 0.391 e. The molecule has 1 aliphatic carbocycles. The molecular weight excluding hydrogens is 241 g/mol. The second kappa shape index (κ2) is 4.94. The predicted octanol–water partition coefficient (Wildman–Crippen LogP) is 2.79. The molecule has 2 nitrogen and oxygen atoms in total. The zero-order chi connectivity index (χ0) is 12.4. The second-order valence-electron chi connectivity index (χ2n) is 4.46. The van der Waals surface area contributed by atoms with Crippen LogP contribution in [-0.4, -0.2) is 26.1 Å². The van der Waals surface area contributed by atoms with E-state index in [-0.39, 0.29) is 30.3 Å². The Balaban J connectivity index is 2.44. The van der Waals surface area contributed by atoms with Gasteiger partial charge in [0, 0.05) is 5.75 Å². The fourth-order valence-electron chi connectivity index (χ4n) is 2.13. The third-order valence-electron chi connectivity index (χ3n) is 3.24. The van der Waals surface area contributed by atoms with Crippen molar-refractivity contribution in [1.29, 1.82) is 0 Å². The van der Waals surface area contributed by atoms with Crippen molar-refractivity contribution < 1.29 is 21.6 Å². The van der Waals surface area contributed by atoms with E-state index >= 15 is 0 Å². The van der Waals surface area contributed by atoms with Gasteiger partial charge in [0.05, 0.1) is 11.7 Å². The van der Waals surface area contributed by atoms with Crippen LogP contribution in [0.25, 0.3) is 0 Å². The zero-order valence-electron chi connectivity index (χ0n) is 9.26. The van der Waals surface area contributed by atoms with Gasteiger partial charge in [-0.15, -0.1) is 0 Å². The van der Waals surface area contributed by atoms with Gasteiger partial charge in [0.15, 0.2) is 0 Å². The molecule has 0 heterocycles. The third kappa shape index (κ3) is 3.96. The summed E-state index contributed by atoms with van der Waals surface area (Å²) in [7, 11) is -3.05. The van der Waals surface area contributed by atoms with Crippen LogP contribution < -0.4 is 0 Å². The van der Waals surface area contributed by atoms with E-state index in [2.05, 4.69) is 0 Å². The van der Waals surface area contributed by atoms with Crippen LogP contribution in [0.2, 0.25) is 0 Å². The van der Waals surface area contributed by atoms with Crippen LogP contribution in [0.1, 0.15) is 32.6 Å². The topological polar surface area (TPSA) is 34.1 Å². The minimum Gasteiger partial charge on any atom is -0.229 e. The number of hydrogen-bond donors (Lipinski definition) is 0. The summed E-state index contributed by atoms with van der Waals surface area (Å²) in [5.41, 5.74) is 0. The summed E-state index contributed by atoms with van der Waals surface area (Å²) >= 11 is 0. The molecule has 0 saturated heterocycles. The fraction of sp³-hybridized carbons (Fsp3) is 1.00. The van der Waals surface area contributed by atoms with Crippen molar-refractivity contribution in [3.8, 4) is 0 Å². The van der Waals surface area contributed by atoms with Crippen molar-refractivity contribution in [3.63, 3.8) is 0 Å². The molecule has 16 heavy (non-hydrogen) atoms. The molecule has 0 spiro atoms. The highest BCUT2D eigenvalue weighted by Crippen LogP contribution is 2.39. The molecule has 0 aromatic carbocycles. The predicted molar refractivity (Wildman–Crippen MR) is 55.8 cm³/mol. The van der Waals surface area contributed by atoms with Crippen molar-refractivity contribution in [2.45, 2.75) is 38.8 Å². The van der Waals surface area contributed by atoms with Crippen molar-refractivity contribution >= 4 is 9.84 Å². The second-order valence-corrected chi connectivity index (χ2v) is 6.86. The SMILES string of the molecule is CCS(=O)(=O)CC1CCC(C(F)(F)F)CC1. The van der Waals surface area contributed by atoms with E-state index < -0.39 is 21.9 Å². The molecule has 0 aromatic heterocycles. The maximum atomic E-state index is 12.4. The minimum absolute atomic E-state index is 0.0497. The standard InChI is InChI=1S/C10H17F3O2S/c1-2-16(14,15)7-8-3-5-9(6-4-8)10(11,12)13/h8-9H,2-7H2,1H3. The van der Waals surface area contributed by atoms with Crippen LogP contribution in [0.5, 0.6) is 0 Å². The van der Waals surface area contributed by atoms with Crippen molar-refractivity contribution in [3.05, 3.63) is 0 Å². The maximum Gasteiger partial charge on any atom is 0.391 e. The highest BCUT2D eigenvalue weighted by atomic mass is 32.2. The molecule has 1 aliphatic rings. The average Bonchev–Trinajstić information content (AvgIpc) is 2.16. The van der Waals surface area contributed by atoms with Gasteiger partial charge in [-0.3, -0.25) is 0 Å². The molecule has 0 atom stereocenters. The van der Waals surface area contributed by atoms with Gasteiger partial charge in [0.2, 0.25) is 0 Å². The smallest absolute Gasteiger partial charge is 0.229 e. The Morgan fingerprint density at radius 2 is 1.62 bits per heavy atom. The molecule has 0 unspecified atom stereocenters. The molecule has 0 radical (unpaired) electrons. The number of alkyl halides is 3. The number of rotatable bonds is 3. The molecule has 0 amide bonds. The first-order valence-corrected chi connectivity index (χ1v) is 7.34. The number of hydrogen-bond acceptors (Lipinski definition) is 2. The average molecular weight is 258 g/mol. The van der Waals surface area contributed by atoms with E-state index in [1.165, 1.54) is 0 Å². The molecule has 6 heteroatoms. The lowest BCUT2D eigenvalue weighted by molar-refractivity contribution is -0.183. The lowest BCUT2D eigenvalue weighted by Gasteiger charge is -2.29. The normalized spacial score (nSPS) is 28.0.